The van der Waals surface area contributed by atoms with E-state index >= 15 is 0 Å². The molecule has 1 amide bonds. The molecule has 2 aromatic carbocycles. The van der Waals surface area contributed by atoms with E-state index in [1.807, 2.05) is 42.6 Å². The lowest BCUT2D eigenvalue weighted by molar-refractivity contribution is 0.0529. The number of aryl methyl sites for hydroxylation is 2. The molecule has 0 bridgehead atoms. The topological polar surface area (TPSA) is 94.3 Å². The second-order valence-corrected chi connectivity index (χ2v) is 11.9. The number of ether oxygens (including phenoxy) is 1. The Hall–Kier alpha value is -4.01. The van der Waals surface area contributed by atoms with Crippen LogP contribution < -0.4 is 11.1 Å². The van der Waals surface area contributed by atoms with E-state index in [4.69, 9.17) is 15.5 Å². The molecule has 0 fully saturated rings. The number of rotatable bonds is 6. The van der Waals surface area contributed by atoms with Crippen molar-refractivity contribution in [2.75, 3.05) is 17.7 Å². The summed E-state index contributed by atoms with van der Waals surface area (Å²) in [6.07, 6.45) is 2.84. The van der Waals surface area contributed by atoms with Crippen LogP contribution in [0.1, 0.15) is 61.7 Å². The molecule has 1 aliphatic rings. The molecule has 6 rings (SSSR count). The third-order valence-corrected chi connectivity index (χ3v) is 9.43. The second-order valence-electron chi connectivity index (χ2n) is 10.0. The maximum atomic E-state index is 13.5. The Bertz CT molecular complexity index is 1720. The summed E-state index contributed by atoms with van der Waals surface area (Å²) in [7, 11) is 0. The van der Waals surface area contributed by atoms with E-state index in [1.54, 1.807) is 6.92 Å². The van der Waals surface area contributed by atoms with Gasteiger partial charge in [0.2, 0.25) is 0 Å². The first kappa shape index (κ1) is 26.2. The predicted molar refractivity (Wildman–Crippen MR) is 164 cm³/mol. The van der Waals surface area contributed by atoms with E-state index in [0.29, 0.717) is 27.0 Å². The number of anilines is 2. The maximum absolute atomic E-state index is 13.5. The summed E-state index contributed by atoms with van der Waals surface area (Å²) in [6, 6.07) is 20.6. The van der Waals surface area contributed by atoms with Gasteiger partial charge in [0.25, 0.3) is 5.91 Å². The fraction of sp³-hybridized carbons (Fsp3) is 0.219. The number of esters is 1. The number of aromatic nitrogens is 1. The first-order valence-electron chi connectivity index (χ1n) is 13.4. The van der Waals surface area contributed by atoms with Crippen molar-refractivity contribution >= 4 is 55.5 Å². The monoisotopic (exact) mass is 567 g/mol. The number of hydrogen-bond acceptors (Lipinski definition) is 7. The Kier molecular flexibility index (Phi) is 7.12. The molecule has 1 atom stereocenters. The van der Waals surface area contributed by atoms with E-state index in [0.717, 1.165) is 51.9 Å². The number of carbonyl (C=O) groups is 2. The Morgan fingerprint density at radius 2 is 1.90 bits per heavy atom. The van der Waals surface area contributed by atoms with Gasteiger partial charge >= 0.3 is 5.97 Å². The van der Waals surface area contributed by atoms with E-state index in [-0.39, 0.29) is 12.5 Å². The smallest absolute Gasteiger partial charge is 0.341 e. The highest BCUT2D eigenvalue weighted by atomic mass is 32.1. The van der Waals surface area contributed by atoms with Gasteiger partial charge in [0.1, 0.15) is 20.3 Å². The average molecular weight is 568 g/mol. The number of benzene rings is 2. The molecular weight excluding hydrogens is 539 g/mol. The van der Waals surface area contributed by atoms with Crippen LogP contribution in [0.25, 0.3) is 21.3 Å². The third kappa shape index (κ3) is 4.89. The molecule has 3 N–H and O–H groups in total. The predicted octanol–water partition coefficient (Wildman–Crippen LogP) is 7.62. The van der Waals surface area contributed by atoms with Crippen LogP contribution in [0.3, 0.4) is 0 Å². The van der Waals surface area contributed by atoms with Crippen LogP contribution in [0.15, 0.2) is 66.0 Å². The number of hydrogen-bond donors (Lipinski definition) is 2. The molecule has 3 heterocycles. The lowest BCUT2D eigenvalue weighted by Crippen LogP contribution is -2.15. The number of carbonyl (C=O) groups excluding carboxylic acids is 2. The lowest BCUT2D eigenvalue weighted by atomic mass is 9.82. The first-order chi connectivity index (χ1) is 19.4. The molecule has 1 aliphatic carbocycles. The summed E-state index contributed by atoms with van der Waals surface area (Å²) >= 11 is 2.59. The SMILES string of the molecule is CCOC(=O)c1c(-c2ccc(C)cc2)csc1NC(=O)c1sc2nc3c(cc2c1N)CC(c1ccccc1)CC3. The second kappa shape index (κ2) is 10.9. The van der Waals surface area contributed by atoms with Gasteiger partial charge in [-0.1, -0.05) is 60.2 Å². The Balaban J connectivity index is 1.31. The molecule has 6 nitrogen and oxygen atoms in total. The summed E-state index contributed by atoms with van der Waals surface area (Å²) in [4.78, 5) is 32.6. The molecular formula is C32H29N3O3S2. The zero-order valence-corrected chi connectivity index (χ0v) is 24.0. The molecule has 0 radical (unpaired) electrons. The molecule has 202 valence electrons. The molecule has 5 aromatic rings. The molecule has 1 unspecified atom stereocenters. The molecule has 8 heteroatoms. The number of nitrogens with one attached hydrogen (secondary N) is 1. The molecule has 0 spiro atoms. The van der Waals surface area contributed by atoms with Gasteiger partial charge in [-0.2, -0.15) is 0 Å². The number of fused-ring (bicyclic) bond motifs is 2. The maximum Gasteiger partial charge on any atom is 0.341 e. The lowest BCUT2D eigenvalue weighted by Gasteiger charge is -2.24. The van der Waals surface area contributed by atoms with E-state index in [2.05, 4.69) is 35.6 Å². The van der Waals surface area contributed by atoms with Crippen molar-refractivity contribution in [3.63, 3.8) is 0 Å². The van der Waals surface area contributed by atoms with Crippen LogP contribution in [-0.2, 0) is 17.6 Å². The van der Waals surface area contributed by atoms with Crippen molar-refractivity contribution in [2.45, 2.75) is 39.0 Å². The normalized spacial score (nSPS) is 14.6. The van der Waals surface area contributed by atoms with Gasteiger partial charge in [-0.25, -0.2) is 9.78 Å². The first-order valence-corrected chi connectivity index (χ1v) is 15.0. The van der Waals surface area contributed by atoms with Crippen LogP contribution >= 0.6 is 22.7 Å². The van der Waals surface area contributed by atoms with E-state index in [1.165, 1.54) is 33.8 Å². The highest BCUT2D eigenvalue weighted by Gasteiger charge is 2.27. The standard InChI is InChI=1S/C32H29N3O3S2/c1-3-38-32(37)26-24(20-11-9-18(2)10-12-20)17-39-31(26)35-29(36)28-27(33)23-16-22-15-21(19-7-5-4-6-8-19)13-14-25(22)34-30(23)40-28/h4-12,16-17,21H,3,13-15,33H2,1-2H3,(H,35,36). The summed E-state index contributed by atoms with van der Waals surface area (Å²) in [5, 5.41) is 6.07. The van der Waals surface area contributed by atoms with Crippen LogP contribution in [0.4, 0.5) is 10.7 Å². The summed E-state index contributed by atoms with van der Waals surface area (Å²) in [5.41, 5.74) is 13.7. The van der Waals surface area contributed by atoms with E-state index < -0.39 is 5.97 Å². The highest BCUT2D eigenvalue weighted by Crippen LogP contribution is 2.40. The number of nitrogens with two attached hydrogens (primary N) is 1. The van der Waals surface area contributed by atoms with Gasteiger partial charge < -0.3 is 15.8 Å². The zero-order valence-electron chi connectivity index (χ0n) is 22.3. The van der Waals surface area contributed by atoms with Crippen molar-refractivity contribution in [3.05, 3.63) is 98.9 Å². The van der Waals surface area contributed by atoms with Gasteiger partial charge in [-0.15, -0.1) is 22.7 Å². The van der Waals surface area contributed by atoms with Gasteiger partial charge in [-0.3, -0.25) is 4.79 Å². The Morgan fingerprint density at radius 1 is 1.12 bits per heavy atom. The average Bonchev–Trinajstić information content (AvgIpc) is 3.53. The Labute approximate surface area is 240 Å². The minimum atomic E-state index is -0.471. The number of amides is 1. The van der Waals surface area contributed by atoms with Gasteiger partial charge in [0.05, 0.1) is 12.3 Å². The zero-order chi connectivity index (χ0) is 27.8. The van der Waals surface area contributed by atoms with Crippen molar-refractivity contribution in [2.24, 2.45) is 0 Å². The largest absolute Gasteiger partial charge is 0.462 e. The van der Waals surface area contributed by atoms with Gasteiger partial charge in [-0.05, 0) is 61.8 Å². The minimum Gasteiger partial charge on any atom is -0.462 e. The van der Waals surface area contributed by atoms with Crippen molar-refractivity contribution in [1.82, 2.24) is 4.98 Å². The molecule has 3 aromatic heterocycles. The summed E-state index contributed by atoms with van der Waals surface area (Å²) < 4.78 is 5.35. The van der Waals surface area contributed by atoms with Crippen molar-refractivity contribution in [3.8, 4) is 11.1 Å². The van der Waals surface area contributed by atoms with Crippen LogP contribution in [0.2, 0.25) is 0 Å². The number of pyridine rings is 1. The van der Waals surface area contributed by atoms with Gasteiger partial charge in [0.15, 0.2) is 0 Å². The van der Waals surface area contributed by atoms with Crippen molar-refractivity contribution < 1.29 is 14.3 Å². The van der Waals surface area contributed by atoms with Crippen LogP contribution in [0.5, 0.6) is 0 Å². The highest BCUT2D eigenvalue weighted by molar-refractivity contribution is 7.21. The fourth-order valence-electron chi connectivity index (χ4n) is 5.33. The quantitative estimate of drug-likeness (QED) is 0.206. The van der Waals surface area contributed by atoms with Crippen LogP contribution in [-0.4, -0.2) is 23.5 Å². The molecule has 40 heavy (non-hydrogen) atoms. The number of nitrogens with zero attached hydrogens (tertiary/aromatic N) is 1. The Morgan fingerprint density at radius 3 is 2.65 bits per heavy atom. The molecule has 0 saturated carbocycles. The number of nitrogen functional groups attached to an aromatic ring is 1. The number of thiophene rings is 2. The van der Waals surface area contributed by atoms with E-state index in [9.17, 15) is 9.59 Å². The third-order valence-electron chi connectivity index (χ3n) is 7.42. The van der Waals surface area contributed by atoms with Crippen LogP contribution in [0, 0.1) is 6.92 Å². The molecule has 0 aliphatic heterocycles. The van der Waals surface area contributed by atoms with Gasteiger partial charge in [0, 0.05) is 22.0 Å². The minimum absolute atomic E-state index is 0.236. The summed E-state index contributed by atoms with van der Waals surface area (Å²) in [5.74, 6) is -0.386. The molecule has 0 saturated heterocycles. The van der Waals surface area contributed by atoms with Crippen molar-refractivity contribution in [1.29, 1.82) is 0 Å². The fourth-order valence-corrected chi connectivity index (χ4v) is 7.27. The summed E-state index contributed by atoms with van der Waals surface area (Å²) in [6.45, 7) is 4.01.